The molecule has 0 radical (unpaired) electrons. The van der Waals surface area contributed by atoms with Crippen LogP contribution in [0.25, 0.3) is 0 Å². The molecule has 35 heavy (non-hydrogen) atoms. The van der Waals surface area contributed by atoms with E-state index in [0.29, 0.717) is 25.8 Å². The number of ketones is 1. The number of hydrogen-bond acceptors (Lipinski definition) is 7. The molecule has 1 fully saturated rings. The SMILES string of the molecule is CCCC(NC(=O)C1CCCN1C(=O)C(NC(=O)OCC(C)C)C(C)C)C(=O)C(=O)NCC(=O)O. The van der Waals surface area contributed by atoms with Crippen molar-refractivity contribution < 1.29 is 38.6 Å². The smallest absolute Gasteiger partial charge is 0.407 e. The molecule has 1 rings (SSSR count). The van der Waals surface area contributed by atoms with Gasteiger partial charge in [-0.3, -0.25) is 24.0 Å². The van der Waals surface area contributed by atoms with E-state index in [1.54, 1.807) is 20.8 Å². The van der Waals surface area contributed by atoms with E-state index < -0.39 is 60.2 Å². The van der Waals surface area contributed by atoms with Gasteiger partial charge in [0.25, 0.3) is 5.91 Å². The second-order valence-corrected chi connectivity index (χ2v) is 9.34. The number of nitrogens with one attached hydrogen (secondary N) is 3. The predicted octanol–water partition coefficient (Wildman–Crippen LogP) is 0.439. The average molecular weight is 499 g/mol. The second kappa shape index (κ2) is 14.3. The summed E-state index contributed by atoms with van der Waals surface area (Å²) in [6.07, 6.45) is 0.848. The summed E-state index contributed by atoms with van der Waals surface area (Å²) in [5, 5.41) is 15.8. The molecular weight excluding hydrogens is 460 g/mol. The number of carboxylic acid groups (broad SMARTS) is 1. The summed E-state index contributed by atoms with van der Waals surface area (Å²) < 4.78 is 5.12. The van der Waals surface area contributed by atoms with Crippen molar-refractivity contribution in [2.45, 2.75) is 78.4 Å². The van der Waals surface area contributed by atoms with Crippen LogP contribution in [0.5, 0.6) is 0 Å². The van der Waals surface area contributed by atoms with E-state index in [1.807, 2.05) is 19.2 Å². The lowest BCUT2D eigenvalue weighted by molar-refractivity contribution is -0.144. The molecule has 0 aliphatic carbocycles. The first-order chi connectivity index (χ1) is 16.4. The topological polar surface area (TPSA) is 171 Å². The Labute approximate surface area is 205 Å². The molecule has 198 valence electrons. The van der Waals surface area contributed by atoms with Gasteiger partial charge in [-0.15, -0.1) is 0 Å². The number of nitrogens with zero attached hydrogens (tertiary/aromatic N) is 1. The first-order valence-corrected chi connectivity index (χ1v) is 12.0. The van der Waals surface area contributed by atoms with Gasteiger partial charge in [0.1, 0.15) is 18.6 Å². The van der Waals surface area contributed by atoms with Crippen molar-refractivity contribution in [3.63, 3.8) is 0 Å². The lowest BCUT2D eigenvalue weighted by Crippen LogP contribution is -2.57. The molecule has 1 saturated heterocycles. The molecule has 0 aromatic heterocycles. The van der Waals surface area contributed by atoms with Gasteiger partial charge in [0.05, 0.1) is 12.6 Å². The minimum absolute atomic E-state index is 0.130. The van der Waals surface area contributed by atoms with E-state index >= 15 is 0 Å². The van der Waals surface area contributed by atoms with Crippen LogP contribution in [0.2, 0.25) is 0 Å². The number of rotatable bonds is 13. The van der Waals surface area contributed by atoms with E-state index in [0.717, 1.165) is 0 Å². The molecule has 3 atom stereocenters. The average Bonchev–Trinajstić information content (AvgIpc) is 3.28. The van der Waals surface area contributed by atoms with Crippen molar-refractivity contribution in [1.82, 2.24) is 20.9 Å². The maximum Gasteiger partial charge on any atom is 0.407 e. The summed E-state index contributed by atoms with van der Waals surface area (Å²) in [5.74, 6) is -4.52. The highest BCUT2D eigenvalue weighted by atomic mass is 16.5. The van der Waals surface area contributed by atoms with Gasteiger partial charge in [-0.05, 0) is 31.1 Å². The molecule has 12 heteroatoms. The van der Waals surface area contributed by atoms with E-state index in [2.05, 4.69) is 10.6 Å². The Morgan fingerprint density at radius 1 is 1.06 bits per heavy atom. The minimum Gasteiger partial charge on any atom is -0.480 e. The number of hydrogen-bond donors (Lipinski definition) is 4. The standard InChI is InChI=1S/C23H38N4O8/c1-6-8-15(19(30)21(32)24-11-17(28)29)25-20(31)16-9-7-10-27(16)22(33)18(14(4)5)26-23(34)35-12-13(2)3/h13-16,18H,6-12H2,1-5H3,(H,24,32)(H,25,31)(H,26,34)(H,28,29). The number of carboxylic acids is 1. The van der Waals surface area contributed by atoms with Crippen LogP contribution in [-0.2, 0) is 28.7 Å². The molecular formula is C23H38N4O8. The highest BCUT2D eigenvalue weighted by molar-refractivity contribution is 6.38. The van der Waals surface area contributed by atoms with Gasteiger partial charge in [-0.25, -0.2) is 4.79 Å². The number of amides is 4. The normalized spacial score (nSPS) is 17.0. The minimum atomic E-state index is -1.30. The molecule has 0 aromatic carbocycles. The lowest BCUT2D eigenvalue weighted by atomic mass is 10.0. The van der Waals surface area contributed by atoms with Gasteiger partial charge < -0.3 is 30.7 Å². The summed E-state index contributed by atoms with van der Waals surface area (Å²) in [6.45, 7) is 8.86. The van der Waals surface area contributed by atoms with Gasteiger partial charge in [0, 0.05) is 6.54 Å². The Morgan fingerprint density at radius 3 is 2.26 bits per heavy atom. The molecule has 0 saturated carbocycles. The van der Waals surface area contributed by atoms with Crippen molar-refractivity contribution in [3.05, 3.63) is 0 Å². The largest absolute Gasteiger partial charge is 0.480 e. The van der Waals surface area contributed by atoms with Gasteiger partial charge in [-0.1, -0.05) is 41.0 Å². The quantitative estimate of drug-likeness (QED) is 0.265. The number of ether oxygens (including phenoxy) is 1. The third kappa shape index (κ3) is 9.53. The highest BCUT2D eigenvalue weighted by Crippen LogP contribution is 2.21. The molecule has 0 aromatic rings. The van der Waals surface area contributed by atoms with Crippen LogP contribution < -0.4 is 16.0 Å². The third-order valence-electron chi connectivity index (χ3n) is 5.43. The molecule has 1 heterocycles. The summed E-state index contributed by atoms with van der Waals surface area (Å²) in [7, 11) is 0. The van der Waals surface area contributed by atoms with Crippen LogP contribution >= 0.6 is 0 Å². The van der Waals surface area contributed by atoms with Crippen molar-refractivity contribution in [1.29, 1.82) is 0 Å². The highest BCUT2D eigenvalue weighted by Gasteiger charge is 2.40. The van der Waals surface area contributed by atoms with Crippen molar-refractivity contribution >= 4 is 35.6 Å². The first-order valence-electron chi connectivity index (χ1n) is 12.0. The Balaban J connectivity index is 2.90. The Bertz CT molecular complexity index is 798. The molecule has 1 aliphatic rings. The number of Topliss-reactive ketones (excluding diaryl/α,β-unsaturated/α-hetero) is 1. The Kier molecular flexibility index (Phi) is 12.2. The summed E-state index contributed by atoms with van der Waals surface area (Å²) in [4.78, 5) is 75.0. The fourth-order valence-corrected chi connectivity index (χ4v) is 3.63. The van der Waals surface area contributed by atoms with Crippen LogP contribution in [0.15, 0.2) is 0 Å². The molecule has 0 bridgehead atoms. The Hall–Kier alpha value is -3.18. The van der Waals surface area contributed by atoms with E-state index in [9.17, 15) is 28.8 Å². The molecule has 4 N–H and O–H groups in total. The first kappa shape index (κ1) is 29.9. The molecule has 3 unspecified atom stereocenters. The Morgan fingerprint density at radius 2 is 1.71 bits per heavy atom. The monoisotopic (exact) mass is 498 g/mol. The zero-order chi connectivity index (χ0) is 26.7. The van der Waals surface area contributed by atoms with Crippen LogP contribution in [0.4, 0.5) is 4.79 Å². The molecule has 4 amide bonds. The van der Waals surface area contributed by atoms with E-state index in [-0.39, 0.29) is 24.9 Å². The zero-order valence-corrected chi connectivity index (χ0v) is 21.1. The lowest BCUT2D eigenvalue weighted by Gasteiger charge is -2.31. The molecule has 0 spiro atoms. The number of alkyl carbamates (subject to hydrolysis) is 1. The third-order valence-corrected chi connectivity index (χ3v) is 5.43. The summed E-state index contributed by atoms with van der Waals surface area (Å²) in [5.41, 5.74) is 0. The number of carbonyl (C=O) groups excluding carboxylic acids is 5. The maximum atomic E-state index is 13.3. The number of likely N-dealkylation sites (tertiary alicyclic amines) is 1. The van der Waals surface area contributed by atoms with Crippen LogP contribution in [0.3, 0.4) is 0 Å². The fourth-order valence-electron chi connectivity index (χ4n) is 3.63. The van der Waals surface area contributed by atoms with E-state index in [4.69, 9.17) is 9.84 Å². The van der Waals surface area contributed by atoms with Crippen molar-refractivity contribution in [3.8, 4) is 0 Å². The van der Waals surface area contributed by atoms with Crippen LogP contribution in [0, 0.1) is 11.8 Å². The van der Waals surface area contributed by atoms with Crippen LogP contribution in [0.1, 0.15) is 60.3 Å². The summed E-state index contributed by atoms with van der Waals surface area (Å²) >= 11 is 0. The molecule has 12 nitrogen and oxygen atoms in total. The maximum absolute atomic E-state index is 13.3. The van der Waals surface area contributed by atoms with Gasteiger partial charge in [-0.2, -0.15) is 0 Å². The number of carbonyl (C=O) groups is 6. The second-order valence-electron chi connectivity index (χ2n) is 9.34. The van der Waals surface area contributed by atoms with Gasteiger partial charge in [0.2, 0.25) is 17.6 Å². The van der Waals surface area contributed by atoms with Gasteiger partial charge in [0.15, 0.2) is 0 Å². The fraction of sp³-hybridized carbons (Fsp3) is 0.739. The van der Waals surface area contributed by atoms with Crippen molar-refractivity contribution in [2.75, 3.05) is 19.7 Å². The van der Waals surface area contributed by atoms with Crippen molar-refractivity contribution in [2.24, 2.45) is 11.8 Å². The predicted molar refractivity (Wildman–Crippen MR) is 125 cm³/mol. The van der Waals surface area contributed by atoms with Gasteiger partial charge >= 0.3 is 12.1 Å². The van der Waals surface area contributed by atoms with E-state index in [1.165, 1.54) is 4.90 Å². The zero-order valence-electron chi connectivity index (χ0n) is 21.1. The molecule has 1 aliphatic heterocycles. The summed E-state index contributed by atoms with van der Waals surface area (Å²) in [6, 6.07) is -2.92. The number of aliphatic carboxylic acids is 1. The van der Waals surface area contributed by atoms with Crippen LogP contribution in [-0.4, -0.2) is 83.4 Å².